The molecule has 0 radical (unpaired) electrons. The highest BCUT2D eigenvalue weighted by Gasteiger charge is 2.31. The van der Waals surface area contributed by atoms with E-state index in [1.54, 1.807) is 13.0 Å². The van der Waals surface area contributed by atoms with Crippen LogP contribution in [0.15, 0.2) is 18.2 Å². The number of carbonyl (C=O) groups excluding carboxylic acids is 1. The first kappa shape index (κ1) is 20.3. The van der Waals surface area contributed by atoms with Crippen LogP contribution in [0.4, 0.5) is 5.69 Å². The zero-order valence-corrected chi connectivity index (χ0v) is 16.8. The number of nitrogens with zero attached hydrogens (tertiary/aromatic N) is 1. The number of hydrogen-bond donors (Lipinski definition) is 1. The number of sulfonamides is 1. The van der Waals surface area contributed by atoms with Crippen molar-refractivity contribution in [2.75, 3.05) is 10.6 Å². The number of carbonyl (C=O) groups is 1. The minimum atomic E-state index is -3.72. The number of rotatable bonds is 5. The van der Waals surface area contributed by atoms with E-state index >= 15 is 0 Å². The number of hydrogen-bond acceptors (Lipinski definition) is 3. The molecule has 0 heterocycles. The van der Waals surface area contributed by atoms with Crippen LogP contribution < -0.4 is 9.62 Å². The van der Waals surface area contributed by atoms with Gasteiger partial charge in [-0.2, -0.15) is 0 Å². The van der Waals surface area contributed by atoms with Gasteiger partial charge in [0.1, 0.15) is 6.04 Å². The lowest BCUT2D eigenvalue weighted by molar-refractivity contribution is -0.122. The van der Waals surface area contributed by atoms with Gasteiger partial charge in [-0.25, -0.2) is 8.42 Å². The number of halogens is 2. The molecule has 0 aliphatic heterocycles. The predicted octanol–water partition coefficient (Wildman–Crippen LogP) is 3.99. The number of nitrogens with one attached hydrogen (secondary N) is 1. The van der Waals surface area contributed by atoms with E-state index in [2.05, 4.69) is 5.32 Å². The average Bonchev–Trinajstić information content (AvgIpc) is 2.78. The van der Waals surface area contributed by atoms with E-state index in [1.165, 1.54) is 25.0 Å². The van der Waals surface area contributed by atoms with Crippen molar-refractivity contribution in [1.29, 1.82) is 0 Å². The summed E-state index contributed by atoms with van der Waals surface area (Å²) < 4.78 is 25.7. The van der Waals surface area contributed by atoms with Crippen molar-refractivity contribution in [3.63, 3.8) is 0 Å². The van der Waals surface area contributed by atoms with Gasteiger partial charge in [0.15, 0.2) is 0 Å². The molecule has 0 bridgehead atoms. The van der Waals surface area contributed by atoms with E-state index in [1.807, 2.05) is 0 Å². The molecular formula is C17H24Cl2N2O3S. The molecule has 1 aromatic rings. The van der Waals surface area contributed by atoms with Crippen molar-refractivity contribution in [3.05, 3.63) is 28.2 Å². The minimum Gasteiger partial charge on any atom is -0.352 e. The first-order valence-electron chi connectivity index (χ1n) is 8.45. The van der Waals surface area contributed by atoms with Crippen LogP contribution >= 0.6 is 23.2 Å². The molecule has 0 saturated heterocycles. The van der Waals surface area contributed by atoms with Gasteiger partial charge in [0, 0.05) is 11.1 Å². The molecule has 0 unspecified atom stereocenters. The van der Waals surface area contributed by atoms with Crippen LogP contribution in [-0.2, 0) is 14.8 Å². The van der Waals surface area contributed by atoms with Crippen molar-refractivity contribution < 1.29 is 13.2 Å². The van der Waals surface area contributed by atoms with Crippen molar-refractivity contribution >= 4 is 44.8 Å². The molecule has 1 N–H and O–H groups in total. The Morgan fingerprint density at radius 2 is 1.80 bits per heavy atom. The topological polar surface area (TPSA) is 66.5 Å². The van der Waals surface area contributed by atoms with Gasteiger partial charge in [0.2, 0.25) is 15.9 Å². The van der Waals surface area contributed by atoms with Crippen LogP contribution in [0.2, 0.25) is 10.0 Å². The largest absolute Gasteiger partial charge is 0.352 e. The normalized spacial score (nSPS) is 17.6. The molecule has 140 valence electrons. The third-order valence-corrected chi connectivity index (χ3v) is 6.22. The Hall–Kier alpha value is -0.980. The maximum absolute atomic E-state index is 12.7. The number of anilines is 1. The smallest absolute Gasteiger partial charge is 0.243 e. The SMILES string of the molecule is C[C@H](C(=O)NC1CCCCCC1)N(c1cc(Cl)ccc1Cl)S(C)(=O)=O. The molecule has 1 amide bonds. The first-order valence-corrected chi connectivity index (χ1v) is 11.1. The van der Waals surface area contributed by atoms with Crippen molar-refractivity contribution in [3.8, 4) is 0 Å². The Bertz CT molecular complexity index is 717. The van der Waals surface area contributed by atoms with Crippen LogP contribution in [0.1, 0.15) is 45.4 Å². The molecule has 1 aromatic carbocycles. The van der Waals surface area contributed by atoms with E-state index in [0.29, 0.717) is 5.02 Å². The summed E-state index contributed by atoms with van der Waals surface area (Å²) in [6.45, 7) is 1.56. The van der Waals surface area contributed by atoms with Gasteiger partial charge >= 0.3 is 0 Å². The summed E-state index contributed by atoms with van der Waals surface area (Å²) in [4.78, 5) is 12.7. The number of amides is 1. The van der Waals surface area contributed by atoms with Crippen LogP contribution in [0, 0.1) is 0 Å². The van der Waals surface area contributed by atoms with E-state index in [-0.39, 0.29) is 22.7 Å². The average molecular weight is 407 g/mol. The third-order valence-electron chi connectivity index (χ3n) is 4.44. The molecular weight excluding hydrogens is 383 g/mol. The van der Waals surface area contributed by atoms with Crippen molar-refractivity contribution in [2.45, 2.75) is 57.5 Å². The molecule has 5 nitrogen and oxygen atoms in total. The van der Waals surface area contributed by atoms with Gasteiger partial charge in [-0.15, -0.1) is 0 Å². The molecule has 1 atom stereocenters. The van der Waals surface area contributed by atoms with Gasteiger partial charge in [-0.3, -0.25) is 9.10 Å². The highest BCUT2D eigenvalue weighted by Crippen LogP contribution is 2.32. The van der Waals surface area contributed by atoms with Crippen LogP contribution in [-0.4, -0.2) is 32.7 Å². The second-order valence-corrected chi connectivity index (χ2v) is 9.23. The van der Waals surface area contributed by atoms with Crippen LogP contribution in [0.3, 0.4) is 0 Å². The third kappa shape index (κ3) is 5.50. The van der Waals surface area contributed by atoms with Gasteiger partial charge in [0.25, 0.3) is 0 Å². The Kier molecular flexibility index (Phi) is 7.00. The van der Waals surface area contributed by atoms with Crippen molar-refractivity contribution in [1.82, 2.24) is 5.32 Å². The summed E-state index contributed by atoms with van der Waals surface area (Å²) in [5, 5.41) is 3.57. The van der Waals surface area contributed by atoms with Crippen molar-refractivity contribution in [2.24, 2.45) is 0 Å². The molecule has 0 spiro atoms. The summed E-state index contributed by atoms with van der Waals surface area (Å²) >= 11 is 12.2. The molecule has 0 aromatic heterocycles. The van der Waals surface area contributed by atoms with E-state index in [4.69, 9.17) is 23.2 Å². The fourth-order valence-electron chi connectivity index (χ4n) is 3.18. The zero-order chi connectivity index (χ0) is 18.6. The van der Waals surface area contributed by atoms with Crippen LogP contribution in [0.5, 0.6) is 0 Å². The second-order valence-electron chi connectivity index (χ2n) is 6.53. The fourth-order valence-corrected chi connectivity index (χ4v) is 4.78. The Morgan fingerprint density at radius 1 is 1.20 bits per heavy atom. The lowest BCUT2D eigenvalue weighted by atomic mass is 10.1. The summed E-state index contributed by atoms with van der Waals surface area (Å²) in [6, 6.07) is 3.72. The predicted molar refractivity (Wildman–Crippen MR) is 103 cm³/mol. The molecule has 8 heteroatoms. The molecule has 1 saturated carbocycles. The summed E-state index contributed by atoms with van der Waals surface area (Å²) in [5.74, 6) is -0.326. The summed E-state index contributed by atoms with van der Waals surface area (Å²) in [5.41, 5.74) is 0.209. The number of benzene rings is 1. The minimum absolute atomic E-state index is 0.0914. The maximum Gasteiger partial charge on any atom is 0.243 e. The molecule has 1 fully saturated rings. The molecule has 25 heavy (non-hydrogen) atoms. The summed E-state index contributed by atoms with van der Waals surface area (Å²) in [7, 11) is -3.72. The fraction of sp³-hybridized carbons (Fsp3) is 0.588. The van der Waals surface area contributed by atoms with E-state index in [9.17, 15) is 13.2 Å². The molecule has 1 aliphatic rings. The standard InChI is InChI=1S/C17H24Cl2N2O3S/c1-12(17(22)20-14-7-5-3-4-6-8-14)21(25(2,23)24)16-11-13(18)9-10-15(16)19/h9-12,14H,3-8H2,1-2H3,(H,20,22)/t12-/m1/s1. The molecule has 2 rings (SSSR count). The Labute approximate surface area is 159 Å². The molecule has 1 aliphatic carbocycles. The maximum atomic E-state index is 12.7. The monoisotopic (exact) mass is 406 g/mol. The Balaban J connectivity index is 2.25. The van der Waals surface area contributed by atoms with Gasteiger partial charge in [-0.05, 0) is 38.0 Å². The lowest BCUT2D eigenvalue weighted by Crippen LogP contribution is -2.50. The second kappa shape index (κ2) is 8.60. The highest BCUT2D eigenvalue weighted by molar-refractivity contribution is 7.92. The summed E-state index contributed by atoms with van der Waals surface area (Å²) in [6.07, 6.45) is 7.42. The van der Waals surface area contributed by atoms with Gasteiger partial charge in [0.05, 0.1) is 17.0 Å². The zero-order valence-electron chi connectivity index (χ0n) is 14.5. The first-order chi connectivity index (χ1) is 11.7. The van der Waals surface area contributed by atoms with Gasteiger partial charge < -0.3 is 5.32 Å². The lowest BCUT2D eigenvalue weighted by Gasteiger charge is -2.30. The Morgan fingerprint density at radius 3 is 2.36 bits per heavy atom. The van der Waals surface area contributed by atoms with E-state index < -0.39 is 16.1 Å². The van der Waals surface area contributed by atoms with Crippen LogP contribution in [0.25, 0.3) is 0 Å². The van der Waals surface area contributed by atoms with E-state index in [0.717, 1.165) is 36.2 Å². The highest BCUT2D eigenvalue weighted by atomic mass is 35.5. The quantitative estimate of drug-likeness (QED) is 0.751. The van der Waals surface area contributed by atoms with Gasteiger partial charge in [-0.1, -0.05) is 48.9 Å².